The lowest BCUT2D eigenvalue weighted by molar-refractivity contribution is -0.287. The molecule has 14 nitrogen and oxygen atoms in total. The van der Waals surface area contributed by atoms with E-state index in [1.165, 1.54) is 0 Å². The van der Waals surface area contributed by atoms with Crippen LogP contribution in [0.3, 0.4) is 0 Å². The minimum Gasteiger partial charge on any atom is -0.436 e. The fourth-order valence-corrected chi connectivity index (χ4v) is 3.02. The van der Waals surface area contributed by atoms with Gasteiger partial charge >= 0.3 is 5.97 Å². The van der Waals surface area contributed by atoms with Gasteiger partial charge in [0.05, 0.1) is 16.6 Å². The first kappa shape index (κ1) is 17.3. The zero-order chi connectivity index (χ0) is 20.1. The Kier molecular flexibility index (Phi) is 2.93. The Bertz CT molecular complexity index is 1020. The van der Waals surface area contributed by atoms with E-state index in [9.17, 15) is 0 Å². The zero-order valence-corrected chi connectivity index (χ0v) is 13.9. The fraction of sp³-hybridized carbons (Fsp3) is 0.231. The lowest BCUT2D eigenvalue weighted by Crippen LogP contribution is -2.74. The van der Waals surface area contributed by atoms with Gasteiger partial charge in [0.1, 0.15) is 22.8 Å². The second kappa shape index (κ2) is 4.58. The molecule has 1 spiro atoms. The molecule has 1 aromatic heterocycles. The maximum atomic E-state index is 6.20. The van der Waals surface area contributed by atoms with Crippen molar-refractivity contribution in [3.63, 3.8) is 0 Å². The van der Waals surface area contributed by atoms with Crippen LogP contribution in [-0.2, 0) is 9.47 Å². The second-order valence-corrected chi connectivity index (χ2v) is 6.39. The van der Waals surface area contributed by atoms with Crippen LogP contribution >= 0.6 is 0 Å². The quantitative estimate of drug-likeness (QED) is 0.121. The first-order chi connectivity index (χ1) is 12.3. The van der Waals surface area contributed by atoms with E-state index in [2.05, 4.69) is 0 Å². The monoisotopic (exact) mass is 380 g/mol. The van der Waals surface area contributed by atoms with Crippen LogP contribution < -0.4 is 62.1 Å². The molecule has 1 aromatic carbocycles. The van der Waals surface area contributed by atoms with Gasteiger partial charge < -0.3 is 43.6 Å². The molecule has 0 amide bonds. The summed E-state index contributed by atoms with van der Waals surface area (Å²) < 4.78 is 21.9. The molecule has 14 heteroatoms. The molecule has 2 aromatic rings. The van der Waals surface area contributed by atoms with E-state index in [0.29, 0.717) is 0 Å². The number of ether oxygens (including phenoxy) is 3. The molecule has 20 N–H and O–H groups in total. The summed E-state index contributed by atoms with van der Waals surface area (Å²) in [4.78, 5) is 0. The number of nitrogens with two attached hydrogens (primary N) is 10. The Balaban J connectivity index is 2.05. The molecule has 2 aliphatic rings. The predicted octanol–water partition coefficient (Wildman–Crippen LogP) is -3.42. The van der Waals surface area contributed by atoms with Crippen LogP contribution in [-0.4, -0.2) is 17.7 Å². The number of fused-ring (bicyclic) bond motifs is 3. The molecule has 1 fully saturated rings. The van der Waals surface area contributed by atoms with Crippen molar-refractivity contribution in [2.45, 2.75) is 17.7 Å². The predicted molar refractivity (Wildman–Crippen MR) is 96.9 cm³/mol. The van der Waals surface area contributed by atoms with Crippen molar-refractivity contribution in [2.24, 2.45) is 34.4 Å². The van der Waals surface area contributed by atoms with Crippen molar-refractivity contribution in [3.05, 3.63) is 11.3 Å². The minimum absolute atomic E-state index is 0.00733. The third-order valence-electron chi connectivity index (χ3n) is 4.57. The van der Waals surface area contributed by atoms with Crippen molar-refractivity contribution in [3.8, 4) is 5.75 Å². The van der Waals surface area contributed by atoms with Crippen LogP contribution in [0.25, 0.3) is 16.7 Å². The SMILES string of the molecule is NC1=C(N)C2(Oc3c(N)c(N)c4oc(N)c(N)c4c31)OC(N)(N)C(N)(N)O2. The fourth-order valence-electron chi connectivity index (χ4n) is 3.02. The van der Waals surface area contributed by atoms with Crippen LogP contribution in [0.4, 0.5) is 22.9 Å². The van der Waals surface area contributed by atoms with Gasteiger partial charge in [-0.25, -0.2) is 0 Å². The molecule has 0 aliphatic carbocycles. The Hall–Kier alpha value is -3.14. The van der Waals surface area contributed by atoms with E-state index in [0.717, 1.165) is 0 Å². The molecule has 2 aliphatic heterocycles. The Morgan fingerprint density at radius 1 is 0.704 bits per heavy atom. The largest absolute Gasteiger partial charge is 0.436 e. The zero-order valence-electron chi connectivity index (χ0n) is 13.9. The van der Waals surface area contributed by atoms with Gasteiger partial charge in [0.25, 0.3) is 0 Å². The van der Waals surface area contributed by atoms with E-state index in [1.807, 2.05) is 0 Å². The van der Waals surface area contributed by atoms with Crippen LogP contribution in [0.15, 0.2) is 10.1 Å². The lowest BCUT2D eigenvalue weighted by atomic mass is 9.98. The van der Waals surface area contributed by atoms with Crippen molar-refractivity contribution in [2.75, 3.05) is 22.9 Å². The van der Waals surface area contributed by atoms with Gasteiger partial charge in [-0.3, -0.25) is 32.4 Å². The summed E-state index contributed by atoms with van der Waals surface area (Å²) in [6.07, 6.45) is 0. The topological polar surface area (TPSA) is 301 Å². The summed E-state index contributed by atoms with van der Waals surface area (Å²) in [7, 11) is 0. The Morgan fingerprint density at radius 2 is 1.26 bits per heavy atom. The molecule has 0 unspecified atom stereocenters. The van der Waals surface area contributed by atoms with Gasteiger partial charge in [-0.15, -0.1) is 0 Å². The van der Waals surface area contributed by atoms with E-state index >= 15 is 0 Å². The van der Waals surface area contributed by atoms with Crippen LogP contribution in [0.2, 0.25) is 0 Å². The highest BCUT2D eigenvalue weighted by Gasteiger charge is 2.66. The van der Waals surface area contributed by atoms with Crippen molar-refractivity contribution < 1.29 is 18.6 Å². The highest BCUT2D eigenvalue weighted by molar-refractivity contribution is 6.13. The van der Waals surface area contributed by atoms with Gasteiger partial charge in [-0.05, 0) is 0 Å². The molecular formula is C13H20N10O4. The van der Waals surface area contributed by atoms with Gasteiger partial charge in [0.15, 0.2) is 11.3 Å². The molecule has 1 saturated heterocycles. The maximum absolute atomic E-state index is 6.20. The molecular weight excluding hydrogens is 360 g/mol. The summed E-state index contributed by atoms with van der Waals surface area (Å²) in [5.41, 5.74) is 59.0. The summed E-state index contributed by atoms with van der Waals surface area (Å²) in [6, 6.07) is 0. The molecule has 0 radical (unpaired) electrons. The molecule has 0 atom stereocenters. The molecule has 27 heavy (non-hydrogen) atoms. The van der Waals surface area contributed by atoms with Crippen LogP contribution in [0, 0.1) is 0 Å². The third-order valence-corrected chi connectivity index (χ3v) is 4.57. The van der Waals surface area contributed by atoms with E-state index in [-0.39, 0.29) is 56.6 Å². The van der Waals surface area contributed by atoms with Crippen LogP contribution in [0.5, 0.6) is 5.75 Å². The van der Waals surface area contributed by atoms with Crippen molar-refractivity contribution >= 4 is 39.6 Å². The van der Waals surface area contributed by atoms with Gasteiger partial charge in [-0.1, -0.05) is 0 Å². The standard InChI is InChI=1S/C13H20N10O4/c14-3-1-2-4(15)10(19)24-7(2)5(16)6(17)8(1)25-11(9(3)18)26-12(20,21)13(22,23)27-11/h14-23H2. The van der Waals surface area contributed by atoms with Gasteiger partial charge in [0.2, 0.25) is 17.6 Å². The number of rotatable bonds is 0. The highest BCUT2D eigenvalue weighted by atomic mass is 16.9. The molecule has 0 saturated carbocycles. The first-order valence-corrected chi connectivity index (χ1v) is 7.52. The summed E-state index contributed by atoms with van der Waals surface area (Å²) in [5, 5.41) is 0.251. The number of anilines is 4. The highest BCUT2D eigenvalue weighted by Crippen LogP contribution is 2.53. The number of hydrogen-bond acceptors (Lipinski definition) is 14. The Morgan fingerprint density at radius 3 is 1.81 bits per heavy atom. The summed E-state index contributed by atoms with van der Waals surface area (Å²) in [5.74, 6) is -6.77. The smallest absolute Gasteiger partial charge is 0.379 e. The molecule has 146 valence electrons. The van der Waals surface area contributed by atoms with Crippen molar-refractivity contribution in [1.29, 1.82) is 0 Å². The molecule has 3 heterocycles. The lowest BCUT2D eigenvalue weighted by Gasteiger charge is -2.35. The second-order valence-electron chi connectivity index (χ2n) is 6.39. The van der Waals surface area contributed by atoms with E-state index in [4.69, 9.17) is 76.0 Å². The van der Waals surface area contributed by atoms with Crippen LogP contribution in [0.1, 0.15) is 5.56 Å². The number of furan rings is 1. The summed E-state index contributed by atoms with van der Waals surface area (Å²) in [6.45, 7) is 0. The van der Waals surface area contributed by atoms with E-state index in [1.54, 1.807) is 0 Å². The number of nitrogen functional groups attached to an aromatic ring is 4. The minimum atomic E-state index is -2.25. The normalized spacial score (nSPS) is 22.2. The maximum Gasteiger partial charge on any atom is 0.379 e. The molecule has 4 rings (SSSR count). The van der Waals surface area contributed by atoms with Gasteiger partial charge in [0, 0.05) is 0 Å². The van der Waals surface area contributed by atoms with E-state index < -0.39 is 17.7 Å². The average Bonchev–Trinajstić information content (AvgIpc) is 2.94. The number of hydrogen-bond donors (Lipinski definition) is 10. The third kappa shape index (κ3) is 1.87. The average molecular weight is 380 g/mol. The first-order valence-electron chi connectivity index (χ1n) is 7.52. The molecule has 0 bridgehead atoms. The van der Waals surface area contributed by atoms with Crippen molar-refractivity contribution in [1.82, 2.24) is 0 Å². The summed E-state index contributed by atoms with van der Waals surface area (Å²) >= 11 is 0. The number of benzene rings is 1. The Labute approximate surface area is 151 Å². The van der Waals surface area contributed by atoms with Gasteiger partial charge in [-0.2, -0.15) is 0 Å².